The number of rotatable bonds is 4. The summed E-state index contributed by atoms with van der Waals surface area (Å²) in [4.78, 5) is 0. The summed E-state index contributed by atoms with van der Waals surface area (Å²) in [7, 11) is 0. The molecule has 1 aromatic rings. The molecule has 0 heterocycles. The molecule has 3 heteroatoms. The molecule has 78 valence electrons. The molecule has 0 aromatic heterocycles. The highest BCUT2D eigenvalue weighted by Gasteiger charge is 2.04. The zero-order chi connectivity index (χ0) is 10.6. The first-order valence-electron chi connectivity index (χ1n) is 4.78. The van der Waals surface area contributed by atoms with Gasteiger partial charge in [0.05, 0.1) is 6.61 Å². The molecule has 1 rings (SSSR count). The Bertz CT molecular complexity index is 310. The van der Waals surface area contributed by atoms with Gasteiger partial charge in [0.15, 0.2) is 11.5 Å². The first kappa shape index (κ1) is 10.9. The zero-order valence-corrected chi connectivity index (χ0v) is 8.71. The van der Waals surface area contributed by atoms with Gasteiger partial charge in [-0.3, -0.25) is 0 Å². The monoisotopic (exact) mass is 195 g/mol. The highest BCUT2D eigenvalue weighted by Crippen LogP contribution is 2.28. The maximum atomic E-state index is 9.56. The summed E-state index contributed by atoms with van der Waals surface area (Å²) >= 11 is 0. The van der Waals surface area contributed by atoms with Gasteiger partial charge in [0.25, 0.3) is 0 Å². The Hall–Kier alpha value is -1.22. The van der Waals surface area contributed by atoms with E-state index in [0.29, 0.717) is 18.9 Å². The molecule has 0 aliphatic rings. The van der Waals surface area contributed by atoms with E-state index >= 15 is 0 Å². The summed E-state index contributed by atoms with van der Waals surface area (Å²) in [6.07, 6.45) is 0.798. The molecule has 0 saturated heterocycles. The molecule has 1 aromatic carbocycles. The molecule has 3 nitrogen and oxygen atoms in total. The summed E-state index contributed by atoms with van der Waals surface area (Å²) in [5, 5.41) is 9.56. The lowest BCUT2D eigenvalue weighted by Crippen LogP contribution is -2.06. The van der Waals surface area contributed by atoms with Crippen molar-refractivity contribution in [3.8, 4) is 11.5 Å². The molecule has 0 amide bonds. The van der Waals surface area contributed by atoms with E-state index in [1.807, 2.05) is 19.9 Å². The number of aromatic hydroxyl groups is 1. The minimum Gasteiger partial charge on any atom is -0.504 e. The van der Waals surface area contributed by atoms with Gasteiger partial charge >= 0.3 is 0 Å². The molecule has 0 spiro atoms. The molecule has 0 unspecified atom stereocenters. The van der Waals surface area contributed by atoms with E-state index in [9.17, 15) is 5.11 Å². The minimum absolute atomic E-state index is 0.199. The number of nitrogens with two attached hydrogens (primary N) is 1. The first-order chi connectivity index (χ1) is 6.65. The van der Waals surface area contributed by atoms with Gasteiger partial charge < -0.3 is 15.6 Å². The molecular formula is C11H17NO2. The molecular weight excluding hydrogens is 178 g/mol. The van der Waals surface area contributed by atoms with Crippen LogP contribution in [0.1, 0.15) is 17.5 Å². The maximum absolute atomic E-state index is 9.56. The lowest BCUT2D eigenvalue weighted by molar-refractivity contribution is 0.296. The molecule has 0 aliphatic heterocycles. The van der Waals surface area contributed by atoms with E-state index in [1.54, 1.807) is 6.07 Å². The van der Waals surface area contributed by atoms with Gasteiger partial charge in [0.1, 0.15) is 0 Å². The quantitative estimate of drug-likeness (QED) is 0.719. The van der Waals surface area contributed by atoms with Crippen molar-refractivity contribution in [3.63, 3.8) is 0 Å². The zero-order valence-electron chi connectivity index (χ0n) is 8.71. The van der Waals surface area contributed by atoms with Crippen molar-refractivity contribution >= 4 is 0 Å². The Kier molecular flexibility index (Phi) is 3.77. The Balaban J connectivity index is 2.72. The highest BCUT2D eigenvalue weighted by molar-refractivity contribution is 5.45. The van der Waals surface area contributed by atoms with Crippen molar-refractivity contribution < 1.29 is 9.84 Å². The van der Waals surface area contributed by atoms with Crippen LogP contribution in [0.4, 0.5) is 0 Å². The van der Waals surface area contributed by atoms with Crippen LogP contribution >= 0.6 is 0 Å². The SMILES string of the molecule is Cc1cc(O)c(OCCCN)cc1C. The third-order valence-electron chi connectivity index (χ3n) is 2.18. The van der Waals surface area contributed by atoms with Crippen molar-refractivity contribution in [2.24, 2.45) is 5.73 Å². The average Bonchev–Trinajstić information content (AvgIpc) is 2.14. The van der Waals surface area contributed by atoms with Crippen LogP contribution in [0.15, 0.2) is 12.1 Å². The average molecular weight is 195 g/mol. The smallest absolute Gasteiger partial charge is 0.161 e. The largest absolute Gasteiger partial charge is 0.504 e. The van der Waals surface area contributed by atoms with Gasteiger partial charge in [-0.25, -0.2) is 0 Å². The Morgan fingerprint density at radius 2 is 1.93 bits per heavy atom. The summed E-state index contributed by atoms with van der Waals surface area (Å²) in [6.45, 7) is 5.10. The van der Waals surface area contributed by atoms with Gasteiger partial charge in [0, 0.05) is 0 Å². The third-order valence-corrected chi connectivity index (χ3v) is 2.18. The Labute approximate surface area is 84.5 Å². The van der Waals surface area contributed by atoms with Crippen molar-refractivity contribution in [1.82, 2.24) is 0 Å². The molecule has 0 saturated carbocycles. The number of phenolic OH excluding ortho intramolecular Hbond substituents is 1. The van der Waals surface area contributed by atoms with Crippen LogP contribution in [0, 0.1) is 13.8 Å². The standard InChI is InChI=1S/C11H17NO2/c1-8-6-10(13)11(7-9(8)2)14-5-3-4-12/h6-7,13H,3-5,12H2,1-2H3. The van der Waals surface area contributed by atoms with Crippen LogP contribution in [0.3, 0.4) is 0 Å². The van der Waals surface area contributed by atoms with Gasteiger partial charge in [-0.05, 0) is 50.1 Å². The van der Waals surface area contributed by atoms with E-state index < -0.39 is 0 Å². The van der Waals surface area contributed by atoms with Crippen LogP contribution in [0.5, 0.6) is 11.5 Å². The number of ether oxygens (including phenoxy) is 1. The number of hydrogen-bond donors (Lipinski definition) is 2. The highest BCUT2D eigenvalue weighted by atomic mass is 16.5. The van der Waals surface area contributed by atoms with Gasteiger partial charge in [-0.15, -0.1) is 0 Å². The second-order valence-corrected chi connectivity index (χ2v) is 3.39. The molecule has 0 atom stereocenters. The van der Waals surface area contributed by atoms with Crippen molar-refractivity contribution in [1.29, 1.82) is 0 Å². The molecule has 14 heavy (non-hydrogen) atoms. The summed E-state index contributed by atoms with van der Waals surface area (Å²) < 4.78 is 5.38. The summed E-state index contributed by atoms with van der Waals surface area (Å²) in [5.74, 6) is 0.742. The second kappa shape index (κ2) is 4.86. The first-order valence-corrected chi connectivity index (χ1v) is 4.78. The predicted molar refractivity (Wildman–Crippen MR) is 56.7 cm³/mol. The topological polar surface area (TPSA) is 55.5 Å². The molecule has 0 radical (unpaired) electrons. The van der Waals surface area contributed by atoms with Crippen LogP contribution in [-0.2, 0) is 0 Å². The van der Waals surface area contributed by atoms with Crippen LogP contribution < -0.4 is 10.5 Å². The number of benzene rings is 1. The van der Waals surface area contributed by atoms with E-state index in [2.05, 4.69) is 0 Å². The predicted octanol–water partition coefficient (Wildman–Crippen LogP) is 1.74. The maximum Gasteiger partial charge on any atom is 0.161 e. The minimum atomic E-state index is 0.199. The number of aryl methyl sites for hydroxylation is 2. The summed E-state index contributed by atoms with van der Waals surface area (Å²) in [6, 6.07) is 3.56. The Morgan fingerprint density at radius 1 is 1.29 bits per heavy atom. The van der Waals surface area contributed by atoms with E-state index in [0.717, 1.165) is 17.5 Å². The molecule has 0 fully saturated rings. The van der Waals surface area contributed by atoms with Gasteiger partial charge in [-0.1, -0.05) is 0 Å². The van der Waals surface area contributed by atoms with Crippen LogP contribution in [0.25, 0.3) is 0 Å². The molecule has 3 N–H and O–H groups in total. The van der Waals surface area contributed by atoms with E-state index in [1.165, 1.54) is 0 Å². The van der Waals surface area contributed by atoms with Crippen molar-refractivity contribution in [3.05, 3.63) is 23.3 Å². The normalized spacial score (nSPS) is 10.2. The van der Waals surface area contributed by atoms with Gasteiger partial charge in [0.2, 0.25) is 0 Å². The number of hydrogen-bond acceptors (Lipinski definition) is 3. The lowest BCUT2D eigenvalue weighted by atomic mass is 10.1. The molecule has 0 aliphatic carbocycles. The fourth-order valence-electron chi connectivity index (χ4n) is 1.16. The Morgan fingerprint density at radius 3 is 2.57 bits per heavy atom. The second-order valence-electron chi connectivity index (χ2n) is 3.39. The van der Waals surface area contributed by atoms with E-state index in [-0.39, 0.29) is 5.75 Å². The fourth-order valence-corrected chi connectivity index (χ4v) is 1.16. The van der Waals surface area contributed by atoms with E-state index in [4.69, 9.17) is 10.5 Å². The number of phenols is 1. The lowest BCUT2D eigenvalue weighted by Gasteiger charge is -2.09. The summed E-state index contributed by atoms with van der Waals surface area (Å²) in [5.41, 5.74) is 7.52. The van der Waals surface area contributed by atoms with Crippen LogP contribution in [0.2, 0.25) is 0 Å². The third kappa shape index (κ3) is 2.64. The molecule has 0 bridgehead atoms. The van der Waals surface area contributed by atoms with Crippen molar-refractivity contribution in [2.75, 3.05) is 13.2 Å². The fraction of sp³-hybridized carbons (Fsp3) is 0.455. The van der Waals surface area contributed by atoms with Crippen molar-refractivity contribution in [2.45, 2.75) is 20.3 Å². The van der Waals surface area contributed by atoms with Gasteiger partial charge in [-0.2, -0.15) is 0 Å². The van der Waals surface area contributed by atoms with Crippen LogP contribution in [-0.4, -0.2) is 18.3 Å².